The minimum absolute atomic E-state index is 0.0740. The van der Waals surface area contributed by atoms with Gasteiger partial charge in [-0.25, -0.2) is 9.78 Å². The number of carbonyl (C=O) groups is 3. The first-order valence-electron chi connectivity index (χ1n) is 7.62. The average molecular weight is 351 g/mol. The molecule has 0 spiro atoms. The predicted octanol–water partition coefficient (Wildman–Crippen LogP) is -0.460. The molecule has 1 heterocycles. The van der Waals surface area contributed by atoms with E-state index in [4.69, 9.17) is 10.3 Å². The minimum atomic E-state index is -1.58. The summed E-state index contributed by atoms with van der Waals surface area (Å²) >= 11 is 0. The number of carbonyl (C=O) groups excluding carboxylic acids is 3. The highest BCUT2D eigenvalue weighted by atomic mass is 16.5. The van der Waals surface area contributed by atoms with Crippen LogP contribution in [-0.4, -0.2) is 55.5 Å². The third-order valence-electron chi connectivity index (χ3n) is 3.19. The fraction of sp³-hybridized carbons (Fsp3) is 0.533. The molecule has 0 aliphatic heterocycles. The van der Waals surface area contributed by atoms with E-state index in [1.54, 1.807) is 27.1 Å². The second kappa shape index (κ2) is 9.45. The smallest absolute Gasteiger partial charge is 0.328 e. The van der Waals surface area contributed by atoms with E-state index in [9.17, 15) is 19.5 Å². The maximum absolute atomic E-state index is 12.2. The summed E-state index contributed by atoms with van der Waals surface area (Å²) in [6.45, 7) is 3.28. The zero-order valence-corrected chi connectivity index (χ0v) is 14.2. The number of aryl methyl sites for hydroxylation is 1. The Morgan fingerprint density at radius 1 is 1.48 bits per heavy atom. The number of aliphatic hydroxyl groups excluding tert-OH is 1. The summed E-state index contributed by atoms with van der Waals surface area (Å²) in [4.78, 5) is 42.2. The Bertz CT molecular complexity index is 678. The molecule has 1 aromatic rings. The highest BCUT2D eigenvalue weighted by Crippen LogP contribution is 2.11. The molecule has 0 radical (unpaired) electrons. The number of ketones is 1. The molecule has 10 nitrogen and oxygen atoms in total. The van der Waals surface area contributed by atoms with Gasteiger partial charge in [0.05, 0.1) is 6.10 Å². The van der Waals surface area contributed by atoms with Gasteiger partial charge >= 0.3 is 12.2 Å². The largest absolute Gasteiger partial charge is 0.461 e. The monoisotopic (exact) mass is 351 g/mol. The lowest BCUT2D eigenvalue weighted by Crippen LogP contribution is -2.45. The van der Waals surface area contributed by atoms with Gasteiger partial charge in [-0.1, -0.05) is 0 Å². The Balaban J connectivity index is 2.82. The molecule has 2 atom stereocenters. The normalized spacial score (nSPS) is 12.8. The number of hydrogen-bond acceptors (Lipinski definition) is 6. The molecule has 10 heteroatoms. The van der Waals surface area contributed by atoms with Crippen molar-refractivity contribution >= 4 is 23.9 Å². The molecule has 0 saturated carbocycles. The molecule has 25 heavy (non-hydrogen) atoms. The molecule has 2 N–H and O–H groups in total. The summed E-state index contributed by atoms with van der Waals surface area (Å²) in [5.41, 5.74) is 8.32. The molecule has 0 aliphatic carbocycles. The third-order valence-corrected chi connectivity index (χ3v) is 3.19. The van der Waals surface area contributed by atoms with Crippen LogP contribution in [0.25, 0.3) is 5.53 Å². The number of nitrogens with zero attached hydrogens (tertiary/aromatic N) is 4. The Kier molecular flexibility index (Phi) is 7.64. The maximum atomic E-state index is 12.2. The number of hydrogen-bond donors (Lipinski definition) is 2. The van der Waals surface area contributed by atoms with E-state index in [2.05, 4.69) is 15.1 Å². The van der Waals surface area contributed by atoms with E-state index in [1.807, 2.05) is 0 Å². The van der Waals surface area contributed by atoms with E-state index >= 15 is 0 Å². The van der Waals surface area contributed by atoms with Crippen molar-refractivity contribution in [2.24, 2.45) is 7.05 Å². The van der Waals surface area contributed by atoms with E-state index in [-0.39, 0.29) is 18.7 Å². The molecule has 0 unspecified atom stereocenters. The van der Waals surface area contributed by atoms with E-state index in [1.165, 1.54) is 10.8 Å². The lowest BCUT2D eigenvalue weighted by Gasteiger charge is -2.20. The van der Waals surface area contributed by atoms with Crippen LogP contribution in [0, 0.1) is 0 Å². The van der Waals surface area contributed by atoms with Gasteiger partial charge in [0.2, 0.25) is 5.78 Å². The van der Waals surface area contributed by atoms with Crippen LogP contribution >= 0.6 is 0 Å². The molecule has 0 saturated heterocycles. The number of aromatic nitrogens is 2. The van der Waals surface area contributed by atoms with Gasteiger partial charge in [-0.2, -0.15) is 4.79 Å². The SMILES string of the molecule is CC(C)OC(=O)[C@H](CCC(=O)C=[N+]=[N-])NC(=O)[C@@H](O)c1nccn1C. The number of aliphatic hydroxyl groups is 1. The molecule has 0 aliphatic rings. The van der Waals surface area contributed by atoms with E-state index in [0.717, 1.165) is 0 Å². The van der Waals surface area contributed by atoms with Gasteiger partial charge in [-0.15, -0.1) is 0 Å². The van der Waals surface area contributed by atoms with Crippen LogP contribution in [0.1, 0.15) is 38.6 Å². The van der Waals surface area contributed by atoms with Crippen LogP contribution in [0.4, 0.5) is 0 Å². The molecular weight excluding hydrogens is 330 g/mol. The van der Waals surface area contributed by atoms with Crippen molar-refractivity contribution in [2.75, 3.05) is 0 Å². The van der Waals surface area contributed by atoms with Crippen LogP contribution in [-0.2, 0) is 26.2 Å². The summed E-state index contributed by atoms with van der Waals surface area (Å²) in [6, 6.07) is -1.14. The van der Waals surface area contributed by atoms with Crippen molar-refractivity contribution in [1.29, 1.82) is 0 Å². The fourth-order valence-electron chi connectivity index (χ4n) is 1.99. The van der Waals surface area contributed by atoms with Gasteiger partial charge in [0.1, 0.15) is 11.9 Å². The van der Waals surface area contributed by atoms with Gasteiger partial charge in [0, 0.05) is 25.9 Å². The number of Topliss-reactive ketones (excluding diaryl/α,β-unsaturated/α-hetero) is 1. The average Bonchev–Trinajstić information content (AvgIpc) is 2.95. The summed E-state index contributed by atoms with van der Waals surface area (Å²) < 4.78 is 6.51. The minimum Gasteiger partial charge on any atom is -0.461 e. The fourth-order valence-corrected chi connectivity index (χ4v) is 1.99. The molecule has 0 aromatic carbocycles. The Morgan fingerprint density at radius 2 is 2.16 bits per heavy atom. The summed E-state index contributed by atoms with van der Waals surface area (Å²) in [5.74, 6) is -1.99. The van der Waals surface area contributed by atoms with Crippen molar-refractivity contribution in [3.05, 3.63) is 23.7 Å². The molecule has 136 valence electrons. The van der Waals surface area contributed by atoms with E-state index in [0.29, 0.717) is 6.21 Å². The van der Waals surface area contributed by atoms with Crippen molar-refractivity contribution < 1.29 is 29.0 Å². The zero-order valence-electron chi connectivity index (χ0n) is 14.2. The van der Waals surface area contributed by atoms with Crippen molar-refractivity contribution in [3.63, 3.8) is 0 Å². The van der Waals surface area contributed by atoms with Crippen molar-refractivity contribution in [3.8, 4) is 0 Å². The number of amides is 1. The molecule has 0 fully saturated rings. The Labute approximate surface area is 144 Å². The van der Waals surface area contributed by atoms with Gasteiger partial charge < -0.3 is 25.3 Å². The quantitative estimate of drug-likeness (QED) is 0.266. The predicted molar refractivity (Wildman–Crippen MR) is 85.3 cm³/mol. The highest BCUT2D eigenvalue weighted by Gasteiger charge is 2.29. The number of imidazole rings is 1. The van der Waals surface area contributed by atoms with Gasteiger partial charge in [0.25, 0.3) is 5.91 Å². The summed E-state index contributed by atoms with van der Waals surface area (Å²) in [7, 11) is 1.61. The van der Waals surface area contributed by atoms with Crippen LogP contribution in [0.5, 0.6) is 0 Å². The Hall–Kier alpha value is -2.84. The summed E-state index contributed by atoms with van der Waals surface area (Å²) in [5, 5.41) is 12.4. The topological polar surface area (TPSA) is 147 Å². The molecular formula is C15H21N5O5. The molecule has 0 bridgehead atoms. The molecule has 1 amide bonds. The van der Waals surface area contributed by atoms with Crippen LogP contribution in [0.15, 0.2) is 12.4 Å². The summed E-state index contributed by atoms with van der Waals surface area (Å²) in [6.07, 6.45) is 1.46. The van der Waals surface area contributed by atoms with E-state index < -0.39 is 35.9 Å². The lowest BCUT2D eigenvalue weighted by atomic mass is 10.1. The highest BCUT2D eigenvalue weighted by molar-refractivity contribution is 6.25. The third kappa shape index (κ3) is 6.28. The van der Waals surface area contributed by atoms with Gasteiger partial charge in [-0.3, -0.25) is 9.59 Å². The first-order chi connectivity index (χ1) is 11.8. The van der Waals surface area contributed by atoms with Crippen molar-refractivity contribution in [2.45, 2.75) is 44.9 Å². The van der Waals surface area contributed by atoms with Crippen LogP contribution in [0.3, 0.4) is 0 Å². The Morgan fingerprint density at radius 3 is 2.68 bits per heavy atom. The molecule has 1 aromatic heterocycles. The number of nitrogens with one attached hydrogen (secondary N) is 1. The number of ether oxygens (including phenoxy) is 1. The van der Waals surface area contributed by atoms with Crippen LogP contribution in [0.2, 0.25) is 0 Å². The molecule has 1 rings (SSSR count). The first-order valence-corrected chi connectivity index (χ1v) is 7.62. The zero-order chi connectivity index (χ0) is 19.0. The maximum Gasteiger partial charge on any atom is 0.328 e. The van der Waals surface area contributed by atoms with Crippen molar-refractivity contribution in [1.82, 2.24) is 14.9 Å². The number of rotatable bonds is 9. The van der Waals surface area contributed by atoms with Gasteiger partial charge in [0.15, 0.2) is 6.10 Å². The number of esters is 1. The first kappa shape index (κ1) is 20.2. The lowest BCUT2D eigenvalue weighted by molar-refractivity contribution is -0.152. The second-order valence-corrected chi connectivity index (χ2v) is 5.60. The van der Waals surface area contributed by atoms with Crippen LogP contribution < -0.4 is 5.32 Å². The van der Waals surface area contributed by atoms with Gasteiger partial charge in [-0.05, 0) is 20.3 Å². The second-order valence-electron chi connectivity index (χ2n) is 5.60. The standard InChI is InChI=1S/C15H21N5O5/c1-9(2)25-15(24)11(5-4-10(21)8-18-16)19-14(23)12(22)13-17-6-7-20(13)3/h6-9,11-12,22H,4-5H2,1-3H3,(H,19,23)/t11-,12-/m0/s1.